The molecule has 2 aromatic rings. The Morgan fingerprint density at radius 1 is 1.39 bits per heavy atom. The number of likely N-dealkylation sites (tertiary alicyclic amines) is 1. The summed E-state index contributed by atoms with van der Waals surface area (Å²) in [5.41, 5.74) is 1.68. The van der Waals surface area contributed by atoms with Gasteiger partial charge in [0.15, 0.2) is 0 Å². The highest BCUT2D eigenvalue weighted by atomic mass is 79.9. The molecule has 1 N–H and O–H groups in total. The summed E-state index contributed by atoms with van der Waals surface area (Å²) >= 11 is 5.11. The van der Waals surface area contributed by atoms with Crippen LogP contribution in [0.5, 0.6) is 0 Å². The molecule has 3 rings (SSSR count). The first kappa shape index (κ1) is 21.2. The number of ether oxygens (including phenoxy) is 1. The molecule has 1 aliphatic heterocycles. The fraction of sp³-hybridized carbons (Fsp3) is 0.600. The highest BCUT2D eigenvalue weighted by molar-refractivity contribution is 9.10. The van der Waals surface area contributed by atoms with Crippen LogP contribution in [0.1, 0.15) is 62.2 Å². The number of carbonyl (C=O) groups excluding carboxylic acids is 2. The van der Waals surface area contributed by atoms with Crippen LogP contribution in [0.3, 0.4) is 0 Å². The largest absolute Gasteiger partial charge is 0.444 e. The Balaban J connectivity index is 1.71. The number of thiophene rings is 1. The van der Waals surface area contributed by atoms with Crippen LogP contribution >= 0.6 is 27.3 Å². The van der Waals surface area contributed by atoms with Crippen LogP contribution in [0.15, 0.2) is 10.7 Å². The molecule has 28 heavy (non-hydrogen) atoms. The van der Waals surface area contributed by atoms with Crippen molar-refractivity contribution in [3.63, 3.8) is 0 Å². The van der Waals surface area contributed by atoms with E-state index in [9.17, 15) is 9.59 Å². The molecule has 0 aromatic carbocycles. The van der Waals surface area contributed by atoms with E-state index in [1.807, 2.05) is 33.9 Å². The van der Waals surface area contributed by atoms with E-state index in [0.29, 0.717) is 23.9 Å². The van der Waals surface area contributed by atoms with Crippen molar-refractivity contribution in [3.8, 4) is 0 Å². The maximum atomic E-state index is 13.0. The molecule has 6 nitrogen and oxygen atoms in total. The third kappa shape index (κ3) is 4.22. The minimum absolute atomic E-state index is 0.00299. The summed E-state index contributed by atoms with van der Waals surface area (Å²) in [5.74, 6) is 0.358. The average Bonchev–Trinajstić information content (AvgIpc) is 3.24. The maximum absolute atomic E-state index is 13.0. The second-order valence-corrected chi connectivity index (χ2v) is 10.5. The number of nitrogens with zero attached hydrogens (tertiary/aromatic N) is 2. The Kier molecular flexibility index (Phi) is 5.83. The number of carbonyl (C=O) groups is 2. The van der Waals surface area contributed by atoms with Gasteiger partial charge in [0, 0.05) is 25.7 Å². The normalized spacial score (nSPS) is 17.6. The van der Waals surface area contributed by atoms with E-state index in [2.05, 4.69) is 34.8 Å². The highest BCUT2D eigenvalue weighted by Crippen LogP contribution is 2.38. The molecule has 0 spiro atoms. The zero-order valence-electron chi connectivity index (χ0n) is 17.3. The maximum Gasteiger partial charge on any atom is 0.410 e. The molecule has 0 bridgehead atoms. The summed E-state index contributed by atoms with van der Waals surface area (Å²) in [4.78, 5) is 32.8. The molecule has 1 atom stereocenters. The minimum Gasteiger partial charge on any atom is -0.444 e. The average molecular weight is 470 g/mol. The minimum atomic E-state index is -0.517. The van der Waals surface area contributed by atoms with Gasteiger partial charge in [-0.05, 0) is 55.1 Å². The van der Waals surface area contributed by atoms with E-state index in [4.69, 9.17) is 4.74 Å². The fourth-order valence-corrected chi connectivity index (χ4v) is 5.78. The molecule has 0 radical (unpaired) electrons. The third-order valence-electron chi connectivity index (χ3n) is 4.93. The molecule has 2 aromatic heterocycles. The summed E-state index contributed by atoms with van der Waals surface area (Å²) in [6.45, 7) is 11.0. The van der Waals surface area contributed by atoms with E-state index < -0.39 is 5.60 Å². The fourth-order valence-electron chi connectivity index (χ4n) is 3.48. The van der Waals surface area contributed by atoms with Crippen molar-refractivity contribution in [1.82, 2.24) is 14.8 Å². The lowest BCUT2D eigenvalue weighted by atomic mass is 10.1. The van der Waals surface area contributed by atoms with E-state index in [0.717, 1.165) is 21.2 Å². The summed E-state index contributed by atoms with van der Waals surface area (Å²) in [6, 6.07) is 1.92. The number of fused-ring (bicyclic) bond motifs is 1. The zero-order chi connectivity index (χ0) is 20.8. The van der Waals surface area contributed by atoms with Gasteiger partial charge in [-0.15, -0.1) is 11.3 Å². The second kappa shape index (κ2) is 7.71. The van der Waals surface area contributed by atoms with Crippen LogP contribution in [-0.2, 0) is 4.74 Å². The van der Waals surface area contributed by atoms with Crippen LogP contribution in [0.25, 0.3) is 10.2 Å². The number of aromatic nitrogens is 1. The Labute approximate surface area is 178 Å². The van der Waals surface area contributed by atoms with Crippen molar-refractivity contribution < 1.29 is 14.3 Å². The van der Waals surface area contributed by atoms with E-state index in [-0.39, 0.29) is 18.0 Å². The Bertz CT molecular complexity index is 897. The lowest BCUT2D eigenvalue weighted by molar-refractivity contribution is 0.0279. The van der Waals surface area contributed by atoms with E-state index in [1.54, 1.807) is 9.80 Å². The number of aromatic amines is 1. The van der Waals surface area contributed by atoms with Gasteiger partial charge in [0.1, 0.15) is 5.60 Å². The van der Waals surface area contributed by atoms with Crippen molar-refractivity contribution in [3.05, 3.63) is 21.1 Å². The van der Waals surface area contributed by atoms with Crippen LogP contribution in [0, 0.1) is 0 Å². The molecule has 1 fully saturated rings. The van der Waals surface area contributed by atoms with Gasteiger partial charge in [0.05, 0.1) is 25.7 Å². The number of likely N-dealkylation sites (N-methyl/N-ethyl adjacent to an activating group) is 1. The van der Waals surface area contributed by atoms with Crippen LogP contribution in [-0.4, -0.2) is 58.6 Å². The predicted octanol–water partition coefficient (Wildman–Crippen LogP) is 5.20. The van der Waals surface area contributed by atoms with Crippen molar-refractivity contribution in [2.75, 3.05) is 20.1 Å². The second-order valence-electron chi connectivity index (χ2n) is 8.65. The van der Waals surface area contributed by atoms with Crippen molar-refractivity contribution in [2.24, 2.45) is 0 Å². The smallest absolute Gasteiger partial charge is 0.410 e. The van der Waals surface area contributed by atoms with Gasteiger partial charge in [0.2, 0.25) is 0 Å². The number of hydrogen-bond acceptors (Lipinski definition) is 4. The molecule has 2 amide bonds. The third-order valence-corrected chi connectivity index (χ3v) is 6.71. The molecule has 0 unspecified atom stereocenters. The van der Waals surface area contributed by atoms with Gasteiger partial charge in [-0.1, -0.05) is 13.8 Å². The number of hydrogen-bond donors (Lipinski definition) is 1. The molecule has 0 aliphatic carbocycles. The van der Waals surface area contributed by atoms with E-state index in [1.165, 1.54) is 16.9 Å². The van der Waals surface area contributed by atoms with Gasteiger partial charge < -0.3 is 19.5 Å². The molecule has 1 saturated heterocycles. The van der Waals surface area contributed by atoms with Gasteiger partial charge >= 0.3 is 6.09 Å². The number of nitrogens with one attached hydrogen (secondary N) is 1. The zero-order valence-corrected chi connectivity index (χ0v) is 19.7. The van der Waals surface area contributed by atoms with Crippen LogP contribution < -0.4 is 0 Å². The number of halogens is 1. The standard InChI is InChI=1S/C20H28BrN3O3S/c1-11(2)15-16-13(22-17(15)21)9-14(28-16)18(25)23(6)12-7-8-24(10-12)19(26)27-20(3,4)5/h9,11-12,22H,7-8,10H2,1-6H3/t12-/m0/s1. The van der Waals surface area contributed by atoms with E-state index >= 15 is 0 Å². The van der Waals surface area contributed by atoms with Crippen molar-refractivity contribution >= 4 is 49.5 Å². The van der Waals surface area contributed by atoms with Crippen molar-refractivity contribution in [2.45, 2.75) is 58.6 Å². The van der Waals surface area contributed by atoms with Crippen molar-refractivity contribution in [1.29, 1.82) is 0 Å². The molecule has 1 aliphatic rings. The number of H-pyrrole nitrogens is 1. The quantitative estimate of drug-likeness (QED) is 0.671. The van der Waals surface area contributed by atoms with Gasteiger partial charge in [-0.3, -0.25) is 4.79 Å². The van der Waals surface area contributed by atoms with Gasteiger partial charge in [-0.2, -0.15) is 0 Å². The van der Waals surface area contributed by atoms with Crippen LogP contribution in [0.4, 0.5) is 4.79 Å². The molecular formula is C20H28BrN3O3S. The number of rotatable bonds is 3. The predicted molar refractivity (Wildman–Crippen MR) is 116 cm³/mol. The summed E-state index contributed by atoms with van der Waals surface area (Å²) in [6.07, 6.45) is 0.444. The monoisotopic (exact) mass is 469 g/mol. The molecule has 8 heteroatoms. The SMILES string of the molecule is CC(C)c1c(Br)[nH]c2cc(C(=O)N(C)[C@H]3CCN(C(=O)OC(C)(C)C)C3)sc12. The first-order valence-corrected chi connectivity index (χ1v) is 11.1. The first-order valence-electron chi connectivity index (χ1n) is 9.54. The number of amides is 2. The highest BCUT2D eigenvalue weighted by Gasteiger charge is 2.34. The Morgan fingerprint density at radius 3 is 2.68 bits per heavy atom. The van der Waals surface area contributed by atoms with Gasteiger partial charge in [-0.25, -0.2) is 4.79 Å². The first-order chi connectivity index (χ1) is 13.0. The molecule has 0 saturated carbocycles. The Morgan fingerprint density at radius 2 is 2.07 bits per heavy atom. The lowest BCUT2D eigenvalue weighted by Crippen LogP contribution is -2.41. The molecule has 154 valence electrons. The Hall–Kier alpha value is -1.54. The molecular weight excluding hydrogens is 442 g/mol. The summed E-state index contributed by atoms with van der Waals surface area (Å²) < 4.78 is 7.56. The lowest BCUT2D eigenvalue weighted by Gasteiger charge is -2.26. The van der Waals surface area contributed by atoms with Crippen LogP contribution in [0.2, 0.25) is 0 Å². The summed E-state index contributed by atoms with van der Waals surface area (Å²) in [5, 5.41) is 0. The van der Waals surface area contributed by atoms with Gasteiger partial charge in [0.25, 0.3) is 5.91 Å². The molecule has 3 heterocycles. The summed E-state index contributed by atoms with van der Waals surface area (Å²) in [7, 11) is 1.82. The topological polar surface area (TPSA) is 65.6 Å².